The molecule has 0 unspecified atom stereocenters. The second kappa shape index (κ2) is 39.1. The van der Waals surface area contributed by atoms with Gasteiger partial charge in [-0.1, -0.05) is 198 Å². The first-order valence-corrected chi connectivity index (χ1v) is 31.4. The number of hydrogen-bond acceptors (Lipinski definition) is 6. The van der Waals surface area contributed by atoms with Crippen LogP contribution in [0, 0.1) is 25.5 Å². The molecule has 8 nitrogen and oxygen atoms in total. The minimum Gasteiger partial charge on any atom is -1.00 e. The minimum atomic E-state index is -0.446. The van der Waals surface area contributed by atoms with Crippen LogP contribution in [0.15, 0.2) is 95.7 Å². The number of thiazole rings is 2. The van der Waals surface area contributed by atoms with Gasteiger partial charge in [0, 0.05) is 53.5 Å². The summed E-state index contributed by atoms with van der Waals surface area (Å²) in [6.07, 6.45) is 30.1. The van der Waals surface area contributed by atoms with Crippen molar-refractivity contribution in [2.24, 2.45) is 0 Å². The molecular formula is C66H90Br2F2N4O4S2. The first-order valence-electron chi connectivity index (χ1n) is 29.7. The molecule has 0 aliphatic carbocycles. The molecule has 80 heavy (non-hydrogen) atoms. The molecule has 0 bridgehead atoms. The van der Waals surface area contributed by atoms with Gasteiger partial charge in [-0.3, -0.25) is 9.59 Å². The number of carbonyl (C=O) groups is 2. The SMILES string of the molecule is CCCCCCCCCCCCCCOc1ccc(CC(=O)Nc2cccc(Cn3c(C)cs[c+]3-[c+]3scc(C)n3Cc3cccc(NC(=O)Cc4cccc(F)c4OCCCCCCCCCCCCCC)c3)c2)cc1F.[Br-].[Br-]. The number of amides is 2. The number of carbonyl (C=O) groups excluding carboxylic acids is 2. The summed E-state index contributed by atoms with van der Waals surface area (Å²) in [6.45, 7) is 10.8. The van der Waals surface area contributed by atoms with Crippen molar-refractivity contribution in [2.45, 2.75) is 208 Å². The van der Waals surface area contributed by atoms with Gasteiger partial charge in [0.05, 0.1) is 39.1 Å². The van der Waals surface area contributed by atoms with E-state index in [0.717, 1.165) is 64.6 Å². The van der Waals surface area contributed by atoms with Gasteiger partial charge in [-0.15, -0.1) is 0 Å². The molecule has 2 amide bonds. The van der Waals surface area contributed by atoms with E-state index in [2.05, 4.69) is 70.4 Å². The van der Waals surface area contributed by atoms with Gasteiger partial charge in [0.25, 0.3) is 10.0 Å². The summed E-state index contributed by atoms with van der Waals surface area (Å²) >= 11 is 3.39. The molecule has 438 valence electrons. The van der Waals surface area contributed by atoms with E-state index in [1.807, 2.05) is 36.4 Å². The van der Waals surface area contributed by atoms with Crippen LogP contribution in [0.2, 0.25) is 0 Å². The van der Waals surface area contributed by atoms with Crippen LogP contribution in [0.1, 0.15) is 202 Å². The van der Waals surface area contributed by atoms with Crippen molar-refractivity contribution in [3.8, 4) is 21.5 Å². The van der Waals surface area contributed by atoms with Crippen molar-refractivity contribution >= 4 is 45.9 Å². The Kier molecular flexibility index (Phi) is 33.2. The maximum atomic E-state index is 15.1. The summed E-state index contributed by atoms with van der Waals surface area (Å²) in [6, 6.07) is 25.4. The molecule has 0 fully saturated rings. The Morgan fingerprint density at radius 2 is 0.912 bits per heavy atom. The lowest BCUT2D eigenvalue weighted by Gasteiger charge is -2.13. The van der Waals surface area contributed by atoms with Crippen molar-refractivity contribution in [3.63, 3.8) is 0 Å². The van der Waals surface area contributed by atoms with Crippen molar-refractivity contribution in [3.05, 3.63) is 141 Å². The monoisotopic (exact) mass is 1260 g/mol. The Morgan fingerprint density at radius 3 is 1.38 bits per heavy atom. The normalized spacial score (nSPS) is 11.0. The molecule has 6 rings (SSSR count). The Bertz CT molecular complexity index is 2730. The fraction of sp³-hybridized carbons (Fsp3) is 0.515. The highest BCUT2D eigenvalue weighted by atomic mass is 79.9. The van der Waals surface area contributed by atoms with Gasteiger partial charge in [-0.2, -0.15) is 0 Å². The van der Waals surface area contributed by atoms with Crippen LogP contribution in [-0.4, -0.2) is 34.2 Å². The third kappa shape index (κ3) is 24.1. The van der Waals surface area contributed by atoms with Gasteiger partial charge in [-0.05, 0) is 72.0 Å². The summed E-state index contributed by atoms with van der Waals surface area (Å²) in [5.74, 6) is -0.956. The lowest BCUT2D eigenvalue weighted by molar-refractivity contribution is -0.116. The number of aromatic nitrogens is 2. The van der Waals surface area contributed by atoms with Crippen molar-refractivity contribution < 1.29 is 61.8 Å². The number of unbranched alkanes of at least 4 members (excludes halogenated alkanes) is 22. The molecule has 14 heteroatoms. The molecule has 2 heterocycles. The van der Waals surface area contributed by atoms with Gasteiger partial charge in [0.15, 0.2) is 45.3 Å². The van der Waals surface area contributed by atoms with Crippen molar-refractivity contribution in [1.82, 2.24) is 9.13 Å². The number of hydrogen-bond donors (Lipinski definition) is 2. The number of halogens is 4. The van der Waals surface area contributed by atoms with Gasteiger partial charge < -0.3 is 54.1 Å². The number of benzene rings is 4. The second-order valence-corrected chi connectivity index (χ2v) is 23.1. The van der Waals surface area contributed by atoms with E-state index >= 15 is 8.78 Å². The van der Waals surface area contributed by atoms with Crippen LogP contribution < -0.4 is 54.1 Å². The summed E-state index contributed by atoms with van der Waals surface area (Å²) in [4.78, 5) is 26.7. The molecule has 2 N–H and O–H groups in total. The van der Waals surface area contributed by atoms with Gasteiger partial charge in [0.2, 0.25) is 11.8 Å². The van der Waals surface area contributed by atoms with Crippen molar-refractivity contribution in [1.29, 1.82) is 0 Å². The largest absolute Gasteiger partial charge is 1.00 e. The molecule has 0 radical (unpaired) electrons. The molecule has 0 atom stereocenters. The average Bonchev–Trinajstić information content (AvgIpc) is 3.96. The smallest absolute Gasteiger partial charge is 0.295 e. The number of rotatable bonds is 39. The highest BCUT2D eigenvalue weighted by Crippen LogP contribution is 2.35. The van der Waals surface area contributed by atoms with Crippen LogP contribution in [0.5, 0.6) is 11.5 Å². The summed E-state index contributed by atoms with van der Waals surface area (Å²) in [5.41, 5.74) is 6.76. The third-order valence-electron chi connectivity index (χ3n) is 14.6. The number of anilines is 2. The van der Waals surface area contributed by atoms with E-state index in [9.17, 15) is 9.59 Å². The number of ether oxygens (including phenoxy) is 2. The first-order chi connectivity index (χ1) is 38.1. The van der Waals surface area contributed by atoms with Crippen LogP contribution in [0.4, 0.5) is 20.2 Å². The number of para-hydroxylation sites is 1. The Balaban J connectivity index is 0.00000689. The second-order valence-electron chi connectivity index (χ2n) is 21.4. The topological polar surface area (TPSA) is 86.5 Å². The molecule has 4 aromatic carbocycles. The summed E-state index contributed by atoms with van der Waals surface area (Å²) in [5, 5.41) is 12.6. The number of nitrogens with zero attached hydrogens (tertiary/aromatic N) is 2. The Labute approximate surface area is 507 Å². The molecule has 0 saturated carbocycles. The van der Waals surface area contributed by atoms with Crippen molar-refractivity contribution in [2.75, 3.05) is 23.8 Å². The molecule has 2 aromatic heterocycles. The van der Waals surface area contributed by atoms with Gasteiger partial charge >= 0.3 is 0 Å². The predicted octanol–water partition coefficient (Wildman–Crippen LogP) is 13.2. The maximum absolute atomic E-state index is 15.1. The average molecular weight is 1270 g/mol. The maximum Gasteiger partial charge on any atom is 0.295 e. The van der Waals surface area contributed by atoms with E-state index in [1.165, 1.54) is 134 Å². The van der Waals surface area contributed by atoms with Crippen LogP contribution in [-0.2, 0) is 35.5 Å². The molecule has 0 spiro atoms. The van der Waals surface area contributed by atoms with Crippen LogP contribution >= 0.6 is 22.7 Å². The summed E-state index contributed by atoms with van der Waals surface area (Å²) in [7, 11) is 0. The number of nitrogens with one attached hydrogen (secondary N) is 2. The Hall–Kier alpha value is -4.50. The fourth-order valence-corrected chi connectivity index (χ4v) is 12.3. The fourth-order valence-electron chi connectivity index (χ4n) is 10.1. The minimum absolute atomic E-state index is 0. The zero-order valence-corrected chi connectivity index (χ0v) is 53.1. The van der Waals surface area contributed by atoms with Gasteiger partial charge in [-0.25, -0.2) is 17.9 Å². The molecular weight excluding hydrogens is 1170 g/mol. The molecule has 0 saturated heterocycles. The number of aryl methyl sites for hydroxylation is 2. The van der Waals surface area contributed by atoms with E-state index < -0.39 is 11.6 Å². The van der Waals surface area contributed by atoms with Crippen LogP contribution in [0.3, 0.4) is 0 Å². The zero-order chi connectivity index (χ0) is 55.2. The predicted molar refractivity (Wildman–Crippen MR) is 324 cm³/mol. The van der Waals surface area contributed by atoms with Gasteiger partial charge in [0.1, 0.15) is 0 Å². The lowest BCUT2D eigenvalue weighted by Crippen LogP contribution is -3.00. The molecule has 0 aliphatic heterocycles. The quantitative estimate of drug-likeness (QED) is 0.0297. The third-order valence-corrected chi connectivity index (χ3v) is 16.9. The standard InChI is InChI=1S/C66H88F2N4O4S2.2BrH/c1-5-7-9-11-13-15-17-19-21-23-25-27-40-75-61-39-38-53(44-60(61)68)45-62(73)69-57-35-29-32-54(42-57)47-71-51(3)49-77-65(71)66-72(52(4)50-78-66)48-55-33-30-36-58(43-55)70-63(74)46-56-34-31-37-59(67)64(56)76-41-28-26-24-22-20-18-16-14-12-10-8-6-2;;/h29-39,42-44,49-50H,5-28,40-41,45-48H2,1-4H3;2*1H. The highest BCUT2D eigenvalue weighted by molar-refractivity contribution is 7.19. The summed E-state index contributed by atoms with van der Waals surface area (Å²) < 4.78 is 46.5. The van der Waals surface area contributed by atoms with E-state index in [4.69, 9.17) is 9.47 Å². The zero-order valence-electron chi connectivity index (χ0n) is 48.3. The molecule has 6 aromatic rings. The first kappa shape index (κ1) is 68.0. The van der Waals surface area contributed by atoms with E-state index in [-0.39, 0.29) is 70.1 Å². The molecule has 0 aliphatic rings. The van der Waals surface area contributed by atoms with Crippen LogP contribution in [0.25, 0.3) is 10.0 Å². The highest BCUT2D eigenvalue weighted by Gasteiger charge is 2.29. The van der Waals surface area contributed by atoms with E-state index in [1.54, 1.807) is 46.9 Å². The van der Waals surface area contributed by atoms with E-state index in [0.29, 0.717) is 48.8 Å². The Morgan fingerprint density at radius 1 is 0.487 bits per heavy atom. The lowest BCUT2D eigenvalue weighted by atomic mass is 10.1.